The van der Waals surface area contributed by atoms with E-state index in [2.05, 4.69) is 44.2 Å². The molecule has 1 atom stereocenters. The fourth-order valence-electron chi connectivity index (χ4n) is 4.18. The Morgan fingerprint density at radius 1 is 1.23 bits per heavy atom. The van der Waals surface area contributed by atoms with Gasteiger partial charge in [0.05, 0.1) is 17.8 Å². The van der Waals surface area contributed by atoms with Gasteiger partial charge in [-0.05, 0) is 60.4 Å². The predicted octanol–water partition coefficient (Wildman–Crippen LogP) is 3.26. The minimum Gasteiger partial charge on any atom is -0.381 e. The summed E-state index contributed by atoms with van der Waals surface area (Å²) < 4.78 is 7.95. The van der Waals surface area contributed by atoms with E-state index in [1.807, 2.05) is 0 Å². The normalized spacial score (nSPS) is 27.0. The Kier molecular flexibility index (Phi) is 4.11. The van der Waals surface area contributed by atoms with Crippen LogP contribution in [0.2, 0.25) is 0 Å². The zero-order chi connectivity index (χ0) is 16.0. The largest absolute Gasteiger partial charge is 0.381 e. The Labute approximate surface area is 134 Å². The summed E-state index contributed by atoms with van der Waals surface area (Å²) in [6, 6.07) is 0. The first-order chi connectivity index (χ1) is 10.3. The Bertz CT molecular complexity index is 535. The van der Waals surface area contributed by atoms with E-state index in [9.17, 15) is 0 Å². The van der Waals surface area contributed by atoms with Crippen LogP contribution < -0.4 is 0 Å². The van der Waals surface area contributed by atoms with E-state index < -0.39 is 0 Å². The molecule has 124 valence electrons. The molecule has 1 aromatic heterocycles. The molecule has 1 spiro atoms. The highest BCUT2D eigenvalue weighted by molar-refractivity contribution is 5.25. The van der Waals surface area contributed by atoms with Gasteiger partial charge in [-0.1, -0.05) is 0 Å². The van der Waals surface area contributed by atoms with Gasteiger partial charge >= 0.3 is 0 Å². The third kappa shape index (κ3) is 2.95. The van der Waals surface area contributed by atoms with Gasteiger partial charge in [-0.2, -0.15) is 5.10 Å². The molecule has 0 radical (unpaired) electrons. The van der Waals surface area contributed by atoms with E-state index in [0.29, 0.717) is 5.41 Å². The fourth-order valence-corrected chi connectivity index (χ4v) is 4.18. The quantitative estimate of drug-likeness (QED) is 0.840. The van der Waals surface area contributed by atoms with Gasteiger partial charge < -0.3 is 4.74 Å². The minimum atomic E-state index is 0.0521. The highest BCUT2D eigenvalue weighted by Crippen LogP contribution is 2.38. The van der Waals surface area contributed by atoms with Crippen molar-refractivity contribution in [2.75, 3.05) is 26.3 Å². The molecule has 2 saturated heterocycles. The summed E-state index contributed by atoms with van der Waals surface area (Å²) in [6.07, 6.45) is 3.86. The number of ether oxygens (including phenoxy) is 1. The molecule has 1 aromatic rings. The van der Waals surface area contributed by atoms with Crippen LogP contribution in [0.15, 0.2) is 0 Å². The van der Waals surface area contributed by atoms with Gasteiger partial charge in [-0.15, -0.1) is 0 Å². The summed E-state index contributed by atoms with van der Waals surface area (Å²) >= 11 is 0. The van der Waals surface area contributed by atoms with Crippen molar-refractivity contribution in [3.05, 3.63) is 17.0 Å². The van der Waals surface area contributed by atoms with E-state index in [1.165, 1.54) is 49.3 Å². The molecule has 0 bridgehead atoms. The van der Waals surface area contributed by atoms with E-state index in [1.54, 1.807) is 0 Å². The lowest BCUT2D eigenvalue weighted by Crippen LogP contribution is -2.35. The van der Waals surface area contributed by atoms with Crippen molar-refractivity contribution in [1.29, 1.82) is 0 Å². The molecule has 0 aliphatic carbocycles. The molecule has 0 N–H and O–H groups in total. The van der Waals surface area contributed by atoms with Crippen LogP contribution in [-0.2, 0) is 16.8 Å². The second-order valence-corrected chi connectivity index (χ2v) is 8.35. The fraction of sp³-hybridized carbons (Fsp3) is 0.833. The predicted molar refractivity (Wildman–Crippen MR) is 89.1 cm³/mol. The second kappa shape index (κ2) is 5.64. The maximum atomic E-state index is 5.76. The third-order valence-corrected chi connectivity index (χ3v) is 5.38. The highest BCUT2D eigenvalue weighted by Gasteiger charge is 2.40. The van der Waals surface area contributed by atoms with Crippen molar-refractivity contribution in [3.8, 4) is 0 Å². The number of nitrogens with zero attached hydrogens (tertiary/aromatic N) is 3. The van der Waals surface area contributed by atoms with Crippen molar-refractivity contribution in [2.45, 2.75) is 66.0 Å². The smallest absolute Gasteiger partial charge is 0.0641 e. The zero-order valence-electron chi connectivity index (χ0n) is 14.9. The number of likely N-dealkylation sites (tertiary alicyclic amines) is 1. The van der Waals surface area contributed by atoms with Crippen molar-refractivity contribution < 1.29 is 4.74 Å². The maximum Gasteiger partial charge on any atom is 0.0641 e. The third-order valence-electron chi connectivity index (χ3n) is 5.38. The van der Waals surface area contributed by atoms with Crippen LogP contribution >= 0.6 is 0 Å². The topological polar surface area (TPSA) is 30.3 Å². The maximum absolute atomic E-state index is 5.76. The van der Waals surface area contributed by atoms with Crippen LogP contribution in [0.3, 0.4) is 0 Å². The first kappa shape index (κ1) is 16.0. The van der Waals surface area contributed by atoms with Crippen LogP contribution in [0.1, 0.15) is 57.0 Å². The Morgan fingerprint density at radius 2 is 2.00 bits per heavy atom. The van der Waals surface area contributed by atoms with Crippen LogP contribution in [0.4, 0.5) is 0 Å². The summed E-state index contributed by atoms with van der Waals surface area (Å²) in [7, 11) is 0. The number of aromatic nitrogens is 2. The van der Waals surface area contributed by atoms with Crippen molar-refractivity contribution >= 4 is 0 Å². The molecule has 1 unspecified atom stereocenters. The lowest BCUT2D eigenvalue weighted by atomic mass is 9.82. The van der Waals surface area contributed by atoms with Crippen LogP contribution in [-0.4, -0.2) is 41.0 Å². The SMILES string of the molecule is Cc1nn(C(C)(C)C)c(C)c1CN1CCC2(CCCOC2)C1. The summed E-state index contributed by atoms with van der Waals surface area (Å²) in [6.45, 7) is 16.4. The molecular formula is C18H31N3O. The first-order valence-electron chi connectivity index (χ1n) is 8.66. The Balaban J connectivity index is 1.73. The standard InChI is InChI=1S/C18H31N3O/c1-14-16(15(2)21(19-14)17(3,4)5)11-20-9-8-18(12-20)7-6-10-22-13-18/h6-13H2,1-5H3. The zero-order valence-corrected chi connectivity index (χ0v) is 14.9. The molecule has 0 saturated carbocycles. The molecule has 22 heavy (non-hydrogen) atoms. The molecule has 0 aromatic carbocycles. The van der Waals surface area contributed by atoms with Gasteiger partial charge in [-0.25, -0.2) is 0 Å². The monoisotopic (exact) mass is 305 g/mol. The number of hydrogen-bond acceptors (Lipinski definition) is 3. The van der Waals surface area contributed by atoms with Crippen molar-refractivity contribution in [3.63, 3.8) is 0 Å². The first-order valence-corrected chi connectivity index (χ1v) is 8.66. The minimum absolute atomic E-state index is 0.0521. The second-order valence-electron chi connectivity index (χ2n) is 8.35. The van der Waals surface area contributed by atoms with Gasteiger partial charge in [0.1, 0.15) is 0 Å². The molecule has 2 fully saturated rings. The molecule has 4 heteroatoms. The highest BCUT2D eigenvalue weighted by atomic mass is 16.5. The summed E-state index contributed by atoms with van der Waals surface area (Å²) in [5, 5.41) is 4.79. The van der Waals surface area contributed by atoms with Crippen LogP contribution in [0, 0.1) is 19.3 Å². The van der Waals surface area contributed by atoms with Gasteiger partial charge in [0.25, 0.3) is 0 Å². The van der Waals surface area contributed by atoms with Crippen LogP contribution in [0.5, 0.6) is 0 Å². The van der Waals surface area contributed by atoms with Crippen molar-refractivity contribution in [2.24, 2.45) is 5.41 Å². The van der Waals surface area contributed by atoms with Gasteiger partial charge in [0.15, 0.2) is 0 Å². The molecule has 2 aliphatic rings. The molecule has 4 nitrogen and oxygen atoms in total. The molecule has 0 amide bonds. The van der Waals surface area contributed by atoms with Gasteiger partial charge in [-0.3, -0.25) is 9.58 Å². The molecular weight excluding hydrogens is 274 g/mol. The lowest BCUT2D eigenvalue weighted by molar-refractivity contribution is -0.00249. The van der Waals surface area contributed by atoms with Gasteiger partial charge in [0, 0.05) is 36.4 Å². The van der Waals surface area contributed by atoms with E-state index in [4.69, 9.17) is 9.84 Å². The molecule has 3 rings (SSSR count). The lowest BCUT2D eigenvalue weighted by Gasteiger charge is -2.33. The summed E-state index contributed by atoms with van der Waals surface area (Å²) in [5.74, 6) is 0. The van der Waals surface area contributed by atoms with Crippen LogP contribution in [0.25, 0.3) is 0 Å². The average Bonchev–Trinajstić information content (AvgIpc) is 2.95. The summed E-state index contributed by atoms with van der Waals surface area (Å²) in [5.41, 5.74) is 4.42. The number of aryl methyl sites for hydroxylation is 1. The molecule has 3 heterocycles. The Hall–Kier alpha value is -0.870. The van der Waals surface area contributed by atoms with Gasteiger partial charge in [0.2, 0.25) is 0 Å². The van der Waals surface area contributed by atoms with E-state index >= 15 is 0 Å². The van der Waals surface area contributed by atoms with Crippen molar-refractivity contribution in [1.82, 2.24) is 14.7 Å². The Morgan fingerprint density at radius 3 is 2.59 bits per heavy atom. The number of hydrogen-bond donors (Lipinski definition) is 0. The van der Waals surface area contributed by atoms with E-state index in [-0.39, 0.29) is 5.54 Å². The average molecular weight is 305 g/mol. The van der Waals surface area contributed by atoms with E-state index in [0.717, 1.165) is 19.8 Å². The number of rotatable bonds is 2. The summed E-state index contributed by atoms with van der Waals surface area (Å²) in [4.78, 5) is 2.61. The molecule has 2 aliphatic heterocycles.